The summed E-state index contributed by atoms with van der Waals surface area (Å²) in [6.45, 7) is 4.77. The standard InChI is InChI=1S/C18H25N3O3/c22-17-10-14(11-21(17)13-16-5-3-9-24-16)18(23)20-8-7-19-6-2-1-4-15(19)12-20/h3,5,9,14-15H,1-2,4,6-8,10-13H2/t14-,15+/m0/s1. The summed E-state index contributed by atoms with van der Waals surface area (Å²) in [5.74, 6) is 0.798. The summed E-state index contributed by atoms with van der Waals surface area (Å²) >= 11 is 0. The van der Waals surface area contributed by atoms with Crippen LogP contribution in [0, 0.1) is 5.92 Å². The van der Waals surface area contributed by atoms with Gasteiger partial charge in [-0.2, -0.15) is 0 Å². The molecule has 0 N–H and O–H groups in total. The van der Waals surface area contributed by atoms with Crippen molar-refractivity contribution in [2.75, 3.05) is 32.7 Å². The van der Waals surface area contributed by atoms with Crippen LogP contribution in [0.15, 0.2) is 22.8 Å². The minimum Gasteiger partial charge on any atom is -0.467 e. The maximum absolute atomic E-state index is 12.9. The van der Waals surface area contributed by atoms with Crippen molar-refractivity contribution >= 4 is 11.8 Å². The third-order valence-electron chi connectivity index (χ3n) is 5.64. The first-order chi connectivity index (χ1) is 11.7. The number of nitrogens with zero attached hydrogens (tertiary/aromatic N) is 3. The Balaban J connectivity index is 1.35. The van der Waals surface area contributed by atoms with Gasteiger partial charge < -0.3 is 14.2 Å². The minimum atomic E-state index is -0.192. The summed E-state index contributed by atoms with van der Waals surface area (Å²) in [6, 6.07) is 4.21. The van der Waals surface area contributed by atoms with Crippen LogP contribution in [0.2, 0.25) is 0 Å². The second-order valence-electron chi connectivity index (χ2n) is 7.22. The number of piperidine rings is 1. The zero-order valence-corrected chi connectivity index (χ0v) is 14.0. The van der Waals surface area contributed by atoms with Crippen LogP contribution in [-0.4, -0.2) is 65.3 Å². The lowest BCUT2D eigenvalue weighted by Crippen LogP contribution is -2.57. The van der Waals surface area contributed by atoms with Gasteiger partial charge in [0.2, 0.25) is 11.8 Å². The lowest BCUT2D eigenvalue weighted by Gasteiger charge is -2.44. The largest absolute Gasteiger partial charge is 0.467 e. The lowest BCUT2D eigenvalue weighted by atomic mass is 9.98. The number of fused-ring (bicyclic) bond motifs is 1. The summed E-state index contributed by atoms with van der Waals surface area (Å²) in [6.07, 6.45) is 5.69. The molecule has 0 radical (unpaired) electrons. The van der Waals surface area contributed by atoms with Gasteiger partial charge in [-0.25, -0.2) is 0 Å². The fourth-order valence-corrected chi connectivity index (χ4v) is 4.30. The molecule has 0 aromatic carbocycles. The highest BCUT2D eigenvalue weighted by Gasteiger charge is 2.39. The fourth-order valence-electron chi connectivity index (χ4n) is 4.30. The van der Waals surface area contributed by atoms with Gasteiger partial charge in [0.25, 0.3) is 0 Å². The average molecular weight is 331 g/mol. The van der Waals surface area contributed by atoms with Crippen molar-refractivity contribution in [3.05, 3.63) is 24.2 Å². The summed E-state index contributed by atoms with van der Waals surface area (Å²) in [5.41, 5.74) is 0. The molecule has 4 rings (SSSR count). The molecule has 2 amide bonds. The van der Waals surface area contributed by atoms with Crippen LogP contribution in [-0.2, 0) is 16.1 Å². The molecule has 24 heavy (non-hydrogen) atoms. The van der Waals surface area contributed by atoms with E-state index in [9.17, 15) is 9.59 Å². The van der Waals surface area contributed by atoms with E-state index >= 15 is 0 Å². The molecule has 130 valence electrons. The number of likely N-dealkylation sites (tertiary alicyclic amines) is 1. The Morgan fingerprint density at radius 2 is 2.12 bits per heavy atom. The summed E-state index contributed by atoms with van der Waals surface area (Å²) in [4.78, 5) is 31.4. The average Bonchev–Trinajstić information content (AvgIpc) is 3.24. The van der Waals surface area contributed by atoms with Crippen molar-refractivity contribution in [3.8, 4) is 0 Å². The molecule has 1 aromatic rings. The van der Waals surface area contributed by atoms with Gasteiger partial charge in [0.05, 0.1) is 18.7 Å². The normalized spacial score (nSPS) is 28.2. The number of carbonyl (C=O) groups is 2. The predicted octanol–water partition coefficient (Wildman–Crippen LogP) is 1.32. The highest BCUT2D eigenvalue weighted by atomic mass is 16.3. The summed E-state index contributed by atoms with van der Waals surface area (Å²) in [7, 11) is 0. The number of furan rings is 1. The number of hydrogen-bond donors (Lipinski definition) is 0. The van der Waals surface area contributed by atoms with E-state index in [0.29, 0.717) is 25.6 Å². The van der Waals surface area contributed by atoms with Crippen LogP contribution in [0.3, 0.4) is 0 Å². The Hall–Kier alpha value is -1.82. The van der Waals surface area contributed by atoms with Crippen LogP contribution < -0.4 is 0 Å². The Morgan fingerprint density at radius 1 is 1.21 bits per heavy atom. The van der Waals surface area contributed by atoms with E-state index in [0.717, 1.165) is 25.4 Å². The van der Waals surface area contributed by atoms with Crippen molar-refractivity contribution in [1.29, 1.82) is 0 Å². The Bertz CT molecular complexity index is 601. The monoisotopic (exact) mass is 331 g/mol. The SMILES string of the molecule is O=C1C[C@H](C(=O)N2CCN3CCCC[C@@H]3C2)CN1Cc1ccco1. The molecule has 0 saturated carbocycles. The second kappa shape index (κ2) is 6.59. The van der Waals surface area contributed by atoms with Gasteiger partial charge in [-0.15, -0.1) is 0 Å². The van der Waals surface area contributed by atoms with Crippen molar-refractivity contribution in [2.24, 2.45) is 5.92 Å². The zero-order chi connectivity index (χ0) is 16.5. The maximum Gasteiger partial charge on any atom is 0.228 e. The Labute approximate surface area is 142 Å². The van der Waals surface area contributed by atoms with Gasteiger partial charge >= 0.3 is 0 Å². The summed E-state index contributed by atoms with van der Waals surface area (Å²) in [5, 5.41) is 0. The van der Waals surface area contributed by atoms with Crippen molar-refractivity contribution in [1.82, 2.24) is 14.7 Å². The van der Waals surface area contributed by atoms with E-state index in [-0.39, 0.29) is 17.7 Å². The molecule has 4 heterocycles. The number of rotatable bonds is 3. The van der Waals surface area contributed by atoms with E-state index < -0.39 is 0 Å². The van der Waals surface area contributed by atoms with Crippen molar-refractivity contribution in [3.63, 3.8) is 0 Å². The third kappa shape index (κ3) is 3.07. The Kier molecular flexibility index (Phi) is 4.31. The molecule has 2 atom stereocenters. The van der Waals surface area contributed by atoms with Gasteiger partial charge in [0, 0.05) is 38.6 Å². The third-order valence-corrected chi connectivity index (χ3v) is 5.64. The highest BCUT2D eigenvalue weighted by molar-refractivity contribution is 5.89. The zero-order valence-electron chi connectivity index (χ0n) is 14.0. The molecule has 0 bridgehead atoms. The lowest BCUT2D eigenvalue weighted by molar-refractivity contribution is -0.139. The van der Waals surface area contributed by atoms with Crippen LogP contribution in [0.5, 0.6) is 0 Å². The molecular weight excluding hydrogens is 306 g/mol. The van der Waals surface area contributed by atoms with Crippen LogP contribution in [0.4, 0.5) is 0 Å². The fraction of sp³-hybridized carbons (Fsp3) is 0.667. The van der Waals surface area contributed by atoms with Crippen LogP contribution in [0.1, 0.15) is 31.4 Å². The van der Waals surface area contributed by atoms with E-state index in [2.05, 4.69) is 4.90 Å². The van der Waals surface area contributed by atoms with Gasteiger partial charge in [0.15, 0.2) is 0 Å². The van der Waals surface area contributed by atoms with Gasteiger partial charge in [-0.05, 0) is 31.5 Å². The number of amides is 2. The minimum absolute atomic E-state index is 0.0565. The smallest absolute Gasteiger partial charge is 0.228 e. The molecule has 0 aliphatic carbocycles. The van der Waals surface area contributed by atoms with E-state index in [1.165, 1.54) is 25.8 Å². The molecule has 3 aliphatic heterocycles. The molecule has 0 unspecified atom stereocenters. The molecular formula is C18H25N3O3. The Morgan fingerprint density at radius 3 is 2.96 bits per heavy atom. The maximum atomic E-state index is 12.9. The van der Waals surface area contributed by atoms with Crippen molar-refractivity contribution < 1.29 is 14.0 Å². The molecule has 1 aromatic heterocycles. The number of carbonyl (C=O) groups excluding carboxylic acids is 2. The van der Waals surface area contributed by atoms with E-state index in [1.54, 1.807) is 11.2 Å². The molecule has 3 aliphatic rings. The van der Waals surface area contributed by atoms with Crippen molar-refractivity contribution in [2.45, 2.75) is 38.3 Å². The van der Waals surface area contributed by atoms with Gasteiger partial charge in [-0.1, -0.05) is 6.42 Å². The first kappa shape index (κ1) is 15.7. The highest BCUT2D eigenvalue weighted by Crippen LogP contribution is 2.26. The van der Waals surface area contributed by atoms with Gasteiger partial charge in [-0.3, -0.25) is 14.5 Å². The molecule has 3 saturated heterocycles. The molecule has 3 fully saturated rings. The molecule has 6 nitrogen and oxygen atoms in total. The number of piperazine rings is 1. The second-order valence-corrected chi connectivity index (χ2v) is 7.22. The molecule has 6 heteroatoms. The first-order valence-corrected chi connectivity index (χ1v) is 9.03. The van der Waals surface area contributed by atoms with E-state index in [1.807, 2.05) is 17.0 Å². The quantitative estimate of drug-likeness (QED) is 0.838. The first-order valence-electron chi connectivity index (χ1n) is 9.03. The van der Waals surface area contributed by atoms with Crippen LogP contribution in [0.25, 0.3) is 0 Å². The summed E-state index contributed by atoms with van der Waals surface area (Å²) < 4.78 is 5.32. The van der Waals surface area contributed by atoms with Crippen LogP contribution >= 0.6 is 0 Å². The number of hydrogen-bond acceptors (Lipinski definition) is 4. The molecule has 0 spiro atoms. The topological polar surface area (TPSA) is 57.0 Å². The van der Waals surface area contributed by atoms with E-state index in [4.69, 9.17) is 4.42 Å². The predicted molar refractivity (Wildman–Crippen MR) is 88.0 cm³/mol. The van der Waals surface area contributed by atoms with Gasteiger partial charge in [0.1, 0.15) is 5.76 Å².